The van der Waals surface area contributed by atoms with Crippen molar-refractivity contribution in [1.29, 1.82) is 0 Å². The summed E-state index contributed by atoms with van der Waals surface area (Å²) in [5.41, 5.74) is 4.18. The number of aromatic nitrogens is 2. The number of aryl methyl sites for hydroxylation is 1. The van der Waals surface area contributed by atoms with Crippen molar-refractivity contribution in [3.8, 4) is 0 Å². The van der Waals surface area contributed by atoms with Crippen molar-refractivity contribution in [2.45, 2.75) is 19.4 Å². The maximum absolute atomic E-state index is 4.17. The van der Waals surface area contributed by atoms with Crippen LogP contribution in [0.15, 0.2) is 36.7 Å². The number of nitrogens with one attached hydrogen (secondary N) is 1. The van der Waals surface area contributed by atoms with Gasteiger partial charge in [-0.2, -0.15) is 5.10 Å². The maximum atomic E-state index is 4.17. The second-order valence-corrected chi connectivity index (χ2v) is 5.42. The lowest BCUT2D eigenvalue weighted by Gasteiger charge is -2.19. The smallest absolute Gasteiger partial charge is 0.0534 e. The van der Waals surface area contributed by atoms with Gasteiger partial charge in [-0.15, -0.1) is 0 Å². The number of anilines is 1. The number of fused-ring (bicyclic) bond motifs is 1. The second kappa shape index (κ2) is 6.09. The van der Waals surface area contributed by atoms with E-state index in [9.17, 15) is 0 Å². The lowest BCUT2D eigenvalue weighted by Crippen LogP contribution is -2.25. The molecule has 0 amide bonds. The van der Waals surface area contributed by atoms with E-state index in [0.29, 0.717) is 0 Å². The van der Waals surface area contributed by atoms with Crippen LogP contribution in [-0.2, 0) is 20.0 Å². The zero-order chi connectivity index (χ0) is 13.8. The Morgan fingerprint density at radius 2 is 2.20 bits per heavy atom. The molecule has 2 heterocycles. The highest BCUT2D eigenvalue weighted by Gasteiger charge is 2.17. The highest BCUT2D eigenvalue weighted by atomic mass is 15.2. The van der Waals surface area contributed by atoms with Gasteiger partial charge in [0.1, 0.15) is 0 Å². The molecule has 0 atom stereocenters. The molecule has 2 aromatic rings. The molecule has 1 aliphatic heterocycles. The number of benzene rings is 1. The molecular weight excluding hydrogens is 248 g/mol. The molecule has 4 nitrogen and oxygen atoms in total. The summed E-state index contributed by atoms with van der Waals surface area (Å²) in [6.45, 7) is 4.26. The van der Waals surface area contributed by atoms with Crippen molar-refractivity contribution in [3.63, 3.8) is 0 Å². The number of para-hydroxylation sites is 1. The fourth-order valence-corrected chi connectivity index (χ4v) is 2.83. The van der Waals surface area contributed by atoms with E-state index < -0.39 is 0 Å². The van der Waals surface area contributed by atoms with Crippen LogP contribution in [0.4, 0.5) is 5.69 Å². The summed E-state index contributed by atoms with van der Waals surface area (Å²) in [6, 6.07) is 8.76. The molecule has 4 heteroatoms. The fourth-order valence-electron chi connectivity index (χ4n) is 2.83. The van der Waals surface area contributed by atoms with Gasteiger partial charge in [0.15, 0.2) is 0 Å². The van der Waals surface area contributed by atoms with E-state index >= 15 is 0 Å². The van der Waals surface area contributed by atoms with Gasteiger partial charge in [-0.25, -0.2) is 0 Å². The van der Waals surface area contributed by atoms with Gasteiger partial charge in [0.05, 0.1) is 6.20 Å². The third-order valence-electron chi connectivity index (χ3n) is 3.85. The minimum absolute atomic E-state index is 0.907. The van der Waals surface area contributed by atoms with Crippen molar-refractivity contribution in [3.05, 3.63) is 47.8 Å². The number of hydrogen-bond donors (Lipinski definition) is 1. The first-order valence-electron chi connectivity index (χ1n) is 7.34. The summed E-state index contributed by atoms with van der Waals surface area (Å²) < 4.78 is 1.85. The lowest BCUT2D eigenvalue weighted by molar-refractivity contribution is 0.638. The van der Waals surface area contributed by atoms with E-state index in [0.717, 1.165) is 19.6 Å². The minimum Gasteiger partial charge on any atom is -0.371 e. The van der Waals surface area contributed by atoms with Crippen molar-refractivity contribution < 1.29 is 0 Å². The standard InChI is InChI=1S/C16H22N4/c1-19-13-14(12-18-19)11-17-8-4-9-20-10-7-15-5-2-3-6-16(15)20/h2-3,5-6,12-13,17H,4,7-11H2,1H3. The fraction of sp³-hybridized carbons (Fsp3) is 0.438. The largest absolute Gasteiger partial charge is 0.371 e. The summed E-state index contributed by atoms with van der Waals surface area (Å²) in [7, 11) is 1.95. The monoisotopic (exact) mass is 270 g/mol. The predicted molar refractivity (Wildman–Crippen MR) is 81.9 cm³/mol. The molecule has 0 saturated heterocycles. The number of nitrogens with zero attached hydrogens (tertiary/aromatic N) is 3. The number of rotatable bonds is 6. The van der Waals surface area contributed by atoms with E-state index in [4.69, 9.17) is 0 Å². The predicted octanol–water partition coefficient (Wildman–Crippen LogP) is 1.96. The van der Waals surface area contributed by atoms with Gasteiger partial charge in [-0.3, -0.25) is 4.68 Å². The summed E-state index contributed by atoms with van der Waals surface area (Å²) in [5, 5.41) is 7.65. The van der Waals surface area contributed by atoms with Crippen LogP contribution in [0, 0.1) is 0 Å². The van der Waals surface area contributed by atoms with Gasteiger partial charge in [-0.05, 0) is 31.0 Å². The van der Waals surface area contributed by atoms with Crippen LogP contribution in [0.25, 0.3) is 0 Å². The second-order valence-electron chi connectivity index (χ2n) is 5.42. The summed E-state index contributed by atoms with van der Waals surface area (Å²) in [4.78, 5) is 2.50. The molecule has 0 spiro atoms. The van der Waals surface area contributed by atoms with Crippen LogP contribution in [-0.4, -0.2) is 29.4 Å². The Hall–Kier alpha value is -1.81. The SMILES string of the molecule is Cn1cc(CNCCCN2CCc3ccccc32)cn1. The molecular formula is C16H22N4. The van der Waals surface area contributed by atoms with Crippen molar-refractivity contribution in [1.82, 2.24) is 15.1 Å². The van der Waals surface area contributed by atoms with Gasteiger partial charge in [-0.1, -0.05) is 18.2 Å². The zero-order valence-electron chi connectivity index (χ0n) is 12.0. The minimum atomic E-state index is 0.907. The van der Waals surface area contributed by atoms with Crippen LogP contribution in [0.5, 0.6) is 0 Å². The third-order valence-corrected chi connectivity index (χ3v) is 3.85. The zero-order valence-corrected chi connectivity index (χ0v) is 12.0. The van der Waals surface area contributed by atoms with Crippen LogP contribution in [0.1, 0.15) is 17.5 Å². The molecule has 1 aromatic heterocycles. The molecule has 0 radical (unpaired) electrons. The van der Waals surface area contributed by atoms with Crippen LogP contribution < -0.4 is 10.2 Å². The van der Waals surface area contributed by atoms with E-state index in [1.165, 1.54) is 36.2 Å². The highest BCUT2D eigenvalue weighted by molar-refractivity contribution is 5.57. The van der Waals surface area contributed by atoms with Gasteiger partial charge >= 0.3 is 0 Å². The van der Waals surface area contributed by atoms with Crippen molar-refractivity contribution in [2.75, 3.05) is 24.5 Å². The normalized spacial score (nSPS) is 13.8. The Kier molecular flexibility index (Phi) is 4.02. The van der Waals surface area contributed by atoms with Crippen LogP contribution in [0.2, 0.25) is 0 Å². The molecule has 0 bridgehead atoms. The quantitative estimate of drug-likeness (QED) is 0.815. The molecule has 1 aromatic carbocycles. The van der Waals surface area contributed by atoms with Gasteiger partial charge in [0.2, 0.25) is 0 Å². The van der Waals surface area contributed by atoms with Crippen molar-refractivity contribution >= 4 is 5.69 Å². The summed E-state index contributed by atoms with van der Waals surface area (Å²) in [6.07, 6.45) is 6.35. The van der Waals surface area contributed by atoms with Crippen LogP contribution in [0.3, 0.4) is 0 Å². The van der Waals surface area contributed by atoms with E-state index in [2.05, 4.69) is 45.8 Å². The first-order chi connectivity index (χ1) is 9.83. The first kappa shape index (κ1) is 13.2. The Morgan fingerprint density at radius 1 is 1.30 bits per heavy atom. The molecule has 106 valence electrons. The molecule has 1 aliphatic rings. The van der Waals surface area contributed by atoms with Gasteiger partial charge < -0.3 is 10.2 Å². The molecule has 0 unspecified atom stereocenters. The highest BCUT2D eigenvalue weighted by Crippen LogP contribution is 2.27. The summed E-state index contributed by atoms with van der Waals surface area (Å²) in [5.74, 6) is 0. The average molecular weight is 270 g/mol. The third kappa shape index (κ3) is 3.02. The van der Waals surface area contributed by atoms with Gasteiger partial charge in [0, 0.05) is 44.1 Å². The van der Waals surface area contributed by atoms with E-state index in [1.54, 1.807) is 0 Å². The topological polar surface area (TPSA) is 33.1 Å². The summed E-state index contributed by atoms with van der Waals surface area (Å²) >= 11 is 0. The van der Waals surface area contributed by atoms with E-state index in [-0.39, 0.29) is 0 Å². The van der Waals surface area contributed by atoms with E-state index in [1.807, 2.05) is 17.9 Å². The molecule has 3 rings (SSSR count). The molecule has 0 fully saturated rings. The van der Waals surface area contributed by atoms with Crippen LogP contribution >= 0.6 is 0 Å². The molecule has 1 N–H and O–H groups in total. The average Bonchev–Trinajstić information content (AvgIpc) is 3.05. The lowest BCUT2D eigenvalue weighted by atomic mass is 10.2. The Bertz CT molecular complexity index is 561. The molecule has 0 saturated carbocycles. The Balaban J connectivity index is 1.39. The Labute approximate surface area is 120 Å². The Morgan fingerprint density at radius 3 is 3.05 bits per heavy atom. The first-order valence-corrected chi connectivity index (χ1v) is 7.34. The maximum Gasteiger partial charge on any atom is 0.0534 e. The van der Waals surface area contributed by atoms with Crippen molar-refractivity contribution in [2.24, 2.45) is 7.05 Å². The molecule has 20 heavy (non-hydrogen) atoms. The number of hydrogen-bond acceptors (Lipinski definition) is 3. The molecule has 0 aliphatic carbocycles. The van der Waals surface area contributed by atoms with Gasteiger partial charge in [0.25, 0.3) is 0 Å².